The molecule has 1 aliphatic heterocycles. The number of amides is 1. The van der Waals surface area contributed by atoms with E-state index in [1.54, 1.807) is 12.1 Å². The number of piperazine rings is 1. The molecule has 0 radical (unpaired) electrons. The Morgan fingerprint density at radius 3 is 2.71 bits per heavy atom. The van der Waals surface area contributed by atoms with Crippen molar-refractivity contribution in [2.75, 3.05) is 26.2 Å². The van der Waals surface area contributed by atoms with Crippen molar-refractivity contribution in [1.82, 2.24) is 14.8 Å². The van der Waals surface area contributed by atoms with Gasteiger partial charge in [-0.15, -0.1) is 0 Å². The lowest BCUT2D eigenvalue weighted by atomic mass is 10.1. The lowest BCUT2D eigenvalue weighted by molar-refractivity contribution is 0.0667. The molecule has 0 spiro atoms. The zero-order valence-corrected chi connectivity index (χ0v) is 13.5. The average Bonchev–Trinajstić information content (AvgIpc) is 3.05. The second-order valence-corrected chi connectivity index (χ2v) is 6.30. The zero-order chi connectivity index (χ0) is 16.5. The number of benzene rings is 1. The molecule has 1 amide bonds. The molecule has 5 heteroatoms. The predicted octanol–water partition coefficient (Wildman–Crippen LogP) is 3.54. The Labute approximate surface area is 141 Å². The first-order chi connectivity index (χ1) is 11.7. The number of hydrogen-bond donors (Lipinski definition) is 1. The number of carbonyl (C=O) groups is 1. The lowest BCUT2D eigenvalue weighted by Crippen LogP contribution is -2.48. The van der Waals surface area contributed by atoms with Gasteiger partial charge in [-0.1, -0.05) is 12.2 Å². The number of fused-ring (bicyclic) bond motifs is 1. The van der Waals surface area contributed by atoms with Gasteiger partial charge in [-0.05, 0) is 43.2 Å². The smallest absolute Gasteiger partial charge is 0.270 e. The van der Waals surface area contributed by atoms with E-state index in [2.05, 4.69) is 28.1 Å². The fourth-order valence-electron chi connectivity index (χ4n) is 3.39. The summed E-state index contributed by atoms with van der Waals surface area (Å²) in [7, 11) is 0. The number of aromatic amines is 1. The molecule has 0 atom stereocenters. The first kappa shape index (κ1) is 15.0. The molecule has 1 aromatic heterocycles. The number of rotatable bonds is 2. The molecule has 24 heavy (non-hydrogen) atoms. The molecule has 0 unspecified atom stereocenters. The lowest BCUT2D eigenvalue weighted by Gasteiger charge is -2.37. The average molecular weight is 327 g/mol. The van der Waals surface area contributed by atoms with E-state index in [4.69, 9.17) is 0 Å². The van der Waals surface area contributed by atoms with Crippen molar-refractivity contribution in [3.8, 4) is 0 Å². The second-order valence-electron chi connectivity index (χ2n) is 6.30. The van der Waals surface area contributed by atoms with Crippen molar-refractivity contribution < 1.29 is 10.6 Å². The molecule has 4 rings (SSSR count). The third kappa shape index (κ3) is 2.82. The van der Waals surface area contributed by atoms with Gasteiger partial charge in [0.25, 0.3) is 5.91 Å². The summed E-state index contributed by atoms with van der Waals surface area (Å²) in [6.45, 7) is 3.09. The standard InChI is InChI=1S/C19H20FN3O.H2/c20-15-6-7-17-14(12-15)13-18(21-17)19(24)23-10-8-22(9-11-23)16-4-2-1-3-5-16;/h2,4-7,12-13,21H,1,3,8-11H2;1H. The third-order valence-electron chi connectivity index (χ3n) is 4.72. The number of aromatic nitrogens is 1. The Balaban J connectivity index is 0.00000182. The molecule has 2 aromatic rings. The molecule has 1 N–H and O–H groups in total. The van der Waals surface area contributed by atoms with Gasteiger partial charge in [-0.3, -0.25) is 4.79 Å². The number of halogens is 1. The van der Waals surface area contributed by atoms with Gasteiger partial charge in [0.1, 0.15) is 11.5 Å². The molecule has 2 heterocycles. The summed E-state index contributed by atoms with van der Waals surface area (Å²) >= 11 is 0. The largest absolute Gasteiger partial charge is 0.368 e. The van der Waals surface area contributed by atoms with Crippen molar-refractivity contribution in [2.24, 2.45) is 0 Å². The van der Waals surface area contributed by atoms with Crippen molar-refractivity contribution in [2.45, 2.75) is 12.8 Å². The van der Waals surface area contributed by atoms with Gasteiger partial charge >= 0.3 is 0 Å². The Bertz CT molecular complexity index is 834. The molecule has 0 saturated carbocycles. The van der Waals surface area contributed by atoms with Gasteiger partial charge < -0.3 is 14.8 Å². The summed E-state index contributed by atoms with van der Waals surface area (Å²) in [5.74, 6) is -0.303. The summed E-state index contributed by atoms with van der Waals surface area (Å²) < 4.78 is 13.3. The van der Waals surface area contributed by atoms with E-state index in [0.717, 1.165) is 36.8 Å². The molecule has 0 bridgehead atoms. The highest BCUT2D eigenvalue weighted by Crippen LogP contribution is 2.20. The molecular weight excluding hydrogens is 305 g/mol. The normalized spacial score (nSPS) is 18.1. The van der Waals surface area contributed by atoms with E-state index in [1.165, 1.54) is 17.8 Å². The van der Waals surface area contributed by atoms with Crippen LogP contribution in [0, 0.1) is 5.82 Å². The van der Waals surface area contributed by atoms with Gasteiger partial charge in [0.2, 0.25) is 0 Å². The Morgan fingerprint density at radius 2 is 1.96 bits per heavy atom. The number of hydrogen-bond acceptors (Lipinski definition) is 2. The minimum atomic E-state index is -0.289. The Kier molecular flexibility index (Phi) is 3.84. The fraction of sp³-hybridized carbons (Fsp3) is 0.316. The van der Waals surface area contributed by atoms with Crippen LogP contribution in [0.25, 0.3) is 10.9 Å². The topological polar surface area (TPSA) is 39.3 Å². The quantitative estimate of drug-likeness (QED) is 0.916. The fourth-order valence-corrected chi connectivity index (χ4v) is 3.39. The van der Waals surface area contributed by atoms with Crippen LogP contribution in [0.4, 0.5) is 4.39 Å². The van der Waals surface area contributed by atoms with Gasteiger partial charge in [0, 0.05) is 44.2 Å². The molecular formula is C19H22FN3O. The molecule has 1 fully saturated rings. The highest BCUT2D eigenvalue weighted by molar-refractivity contribution is 5.98. The van der Waals surface area contributed by atoms with Crippen molar-refractivity contribution in [1.29, 1.82) is 0 Å². The summed E-state index contributed by atoms with van der Waals surface area (Å²) in [6.07, 6.45) is 8.85. The SMILES string of the molecule is O=C(c1cc2cc(F)ccc2[nH]1)N1CCN(C2=CCCC=C2)CC1.[HH]. The molecule has 126 valence electrons. The minimum absolute atomic E-state index is 0. The van der Waals surface area contributed by atoms with Crippen molar-refractivity contribution >= 4 is 16.8 Å². The molecule has 1 aromatic carbocycles. The van der Waals surface area contributed by atoms with Gasteiger partial charge in [0.05, 0.1) is 0 Å². The van der Waals surface area contributed by atoms with Gasteiger partial charge in [0.15, 0.2) is 0 Å². The van der Waals surface area contributed by atoms with Crippen LogP contribution in [-0.4, -0.2) is 46.9 Å². The maximum absolute atomic E-state index is 13.3. The highest BCUT2D eigenvalue weighted by atomic mass is 19.1. The second kappa shape index (κ2) is 6.15. The molecule has 4 nitrogen and oxygen atoms in total. The van der Waals surface area contributed by atoms with Crippen LogP contribution < -0.4 is 0 Å². The van der Waals surface area contributed by atoms with Crippen molar-refractivity contribution in [3.05, 3.63) is 59.7 Å². The number of carbonyl (C=O) groups excluding carboxylic acids is 1. The van der Waals surface area contributed by atoms with E-state index in [-0.39, 0.29) is 13.2 Å². The highest BCUT2D eigenvalue weighted by Gasteiger charge is 2.24. The van der Waals surface area contributed by atoms with Crippen LogP contribution in [0.5, 0.6) is 0 Å². The maximum atomic E-state index is 13.3. The number of allylic oxidation sites excluding steroid dienone is 3. The Morgan fingerprint density at radius 1 is 1.12 bits per heavy atom. The van der Waals surface area contributed by atoms with E-state index >= 15 is 0 Å². The zero-order valence-electron chi connectivity index (χ0n) is 13.5. The van der Waals surface area contributed by atoms with Crippen LogP contribution in [-0.2, 0) is 0 Å². The molecule has 2 aliphatic rings. The van der Waals surface area contributed by atoms with Gasteiger partial charge in [-0.2, -0.15) is 0 Å². The minimum Gasteiger partial charge on any atom is -0.368 e. The predicted molar refractivity (Wildman–Crippen MR) is 94.3 cm³/mol. The van der Waals surface area contributed by atoms with E-state index in [1.807, 2.05) is 4.90 Å². The Hall–Kier alpha value is -2.56. The monoisotopic (exact) mass is 327 g/mol. The summed E-state index contributed by atoms with van der Waals surface area (Å²) in [5.41, 5.74) is 2.59. The number of nitrogens with one attached hydrogen (secondary N) is 1. The van der Waals surface area contributed by atoms with Crippen LogP contribution >= 0.6 is 0 Å². The first-order valence-corrected chi connectivity index (χ1v) is 8.40. The van der Waals surface area contributed by atoms with E-state index in [0.29, 0.717) is 18.8 Å². The number of H-pyrrole nitrogens is 1. The summed E-state index contributed by atoms with van der Waals surface area (Å²) in [4.78, 5) is 20.0. The first-order valence-electron chi connectivity index (χ1n) is 8.40. The van der Waals surface area contributed by atoms with Gasteiger partial charge in [-0.25, -0.2) is 4.39 Å². The molecule has 1 saturated heterocycles. The van der Waals surface area contributed by atoms with Crippen molar-refractivity contribution in [3.63, 3.8) is 0 Å². The van der Waals surface area contributed by atoms with Crippen LogP contribution in [0.15, 0.2) is 48.2 Å². The summed E-state index contributed by atoms with van der Waals surface area (Å²) in [6, 6.07) is 6.25. The summed E-state index contributed by atoms with van der Waals surface area (Å²) in [5, 5.41) is 0.731. The van der Waals surface area contributed by atoms with Crippen LogP contribution in [0.1, 0.15) is 24.8 Å². The van der Waals surface area contributed by atoms with E-state index in [9.17, 15) is 9.18 Å². The maximum Gasteiger partial charge on any atom is 0.270 e. The number of nitrogens with zero attached hydrogens (tertiary/aromatic N) is 2. The third-order valence-corrected chi connectivity index (χ3v) is 4.72. The van der Waals surface area contributed by atoms with Crippen LogP contribution in [0.2, 0.25) is 0 Å². The van der Waals surface area contributed by atoms with Crippen LogP contribution in [0.3, 0.4) is 0 Å². The van der Waals surface area contributed by atoms with E-state index < -0.39 is 0 Å². The molecule has 1 aliphatic carbocycles.